The molecule has 100 valence electrons. The molecule has 1 aromatic carbocycles. The first kappa shape index (κ1) is 13.2. The van der Waals surface area contributed by atoms with E-state index in [0.717, 1.165) is 0 Å². The number of benzene rings is 1. The van der Waals surface area contributed by atoms with Gasteiger partial charge in [0, 0.05) is 0 Å². The van der Waals surface area contributed by atoms with Crippen LogP contribution in [0.5, 0.6) is 5.75 Å². The molecule has 0 fully saturated rings. The summed E-state index contributed by atoms with van der Waals surface area (Å²) in [6.45, 7) is 1.52. The number of aromatic hydroxyl groups is 1. The van der Waals surface area contributed by atoms with E-state index in [0.29, 0.717) is 5.76 Å². The predicted molar refractivity (Wildman–Crippen MR) is 68.7 cm³/mol. The van der Waals surface area contributed by atoms with Crippen molar-refractivity contribution >= 4 is 5.91 Å². The van der Waals surface area contributed by atoms with Crippen molar-refractivity contribution in [2.24, 2.45) is 0 Å². The fourth-order valence-corrected chi connectivity index (χ4v) is 1.69. The maximum Gasteiger partial charge on any atom is 0.255 e. The van der Waals surface area contributed by atoms with E-state index in [-0.39, 0.29) is 17.9 Å². The monoisotopic (exact) mass is 261 g/mol. The predicted octanol–water partition coefficient (Wildman–Crippen LogP) is 1.62. The molecule has 1 heterocycles. The highest BCUT2D eigenvalue weighted by atomic mass is 16.4. The molecule has 1 unspecified atom stereocenters. The summed E-state index contributed by atoms with van der Waals surface area (Å²) in [5.41, 5.74) is -1.14. The molecular weight excluding hydrogens is 246 g/mol. The minimum Gasteiger partial charge on any atom is -0.507 e. The van der Waals surface area contributed by atoms with Gasteiger partial charge in [-0.1, -0.05) is 12.1 Å². The van der Waals surface area contributed by atoms with Gasteiger partial charge in [0.2, 0.25) is 0 Å². The zero-order chi connectivity index (χ0) is 13.9. The molecule has 0 spiro atoms. The molecule has 3 N–H and O–H groups in total. The van der Waals surface area contributed by atoms with E-state index in [1.165, 1.54) is 25.3 Å². The number of phenolic OH excluding ortho intramolecular Hbond substituents is 1. The van der Waals surface area contributed by atoms with E-state index < -0.39 is 11.5 Å². The number of para-hydroxylation sites is 1. The Balaban J connectivity index is 2.03. The van der Waals surface area contributed by atoms with Gasteiger partial charge in [-0.2, -0.15) is 0 Å². The first-order chi connectivity index (χ1) is 9.00. The van der Waals surface area contributed by atoms with Crippen LogP contribution in [-0.4, -0.2) is 22.7 Å². The lowest BCUT2D eigenvalue weighted by molar-refractivity contribution is 0.0330. The number of carbonyl (C=O) groups excluding carboxylic acids is 1. The van der Waals surface area contributed by atoms with Crippen LogP contribution in [0.4, 0.5) is 0 Å². The van der Waals surface area contributed by atoms with Crippen molar-refractivity contribution < 1.29 is 19.4 Å². The number of hydrogen-bond acceptors (Lipinski definition) is 4. The standard InChI is InChI=1S/C14H15NO4/c1-14(18,12-7-4-8-19-12)9-15-13(17)10-5-2-3-6-11(10)16/h2-8,16,18H,9H2,1H3,(H,15,17). The minimum atomic E-state index is -1.30. The van der Waals surface area contributed by atoms with E-state index >= 15 is 0 Å². The van der Waals surface area contributed by atoms with Gasteiger partial charge >= 0.3 is 0 Å². The van der Waals surface area contributed by atoms with Gasteiger partial charge in [0.1, 0.15) is 17.1 Å². The molecule has 0 aliphatic rings. The molecule has 1 atom stereocenters. The Morgan fingerprint density at radius 1 is 1.32 bits per heavy atom. The molecule has 0 bridgehead atoms. The largest absolute Gasteiger partial charge is 0.507 e. The molecular formula is C14H15NO4. The molecule has 5 nitrogen and oxygen atoms in total. The lowest BCUT2D eigenvalue weighted by atomic mass is 10.0. The van der Waals surface area contributed by atoms with E-state index in [2.05, 4.69) is 5.32 Å². The topological polar surface area (TPSA) is 82.7 Å². The van der Waals surface area contributed by atoms with Crippen LogP contribution in [0.2, 0.25) is 0 Å². The maximum atomic E-state index is 11.9. The summed E-state index contributed by atoms with van der Waals surface area (Å²) in [7, 11) is 0. The van der Waals surface area contributed by atoms with Crippen LogP contribution in [0.25, 0.3) is 0 Å². The average Bonchev–Trinajstić information content (AvgIpc) is 2.91. The van der Waals surface area contributed by atoms with Crippen molar-refractivity contribution in [3.63, 3.8) is 0 Å². The number of phenols is 1. The molecule has 19 heavy (non-hydrogen) atoms. The fraction of sp³-hybridized carbons (Fsp3) is 0.214. The molecule has 0 aliphatic heterocycles. The van der Waals surface area contributed by atoms with Crippen molar-refractivity contribution in [2.75, 3.05) is 6.54 Å². The molecule has 1 aromatic heterocycles. The van der Waals surface area contributed by atoms with Crippen molar-refractivity contribution in [1.29, 1.82) is 0 Å². The van der Waals surface area contributed by atoms with Crippen molar-refractivity contribution in [1.82, 2.24) is 5.32 Å². The van der Waals surface area contributed by atoms with Crippen LogP contribution in [-0.2, 0) is 5.60 Å². The maximum absolute atomic E-state index is 11.9. The third-order valence-corrected chi connectivity index (χ3v) is 2.79. The van der Waals surface area contributed by atoms with Gasteiger partial charge in [0.05, 0.1) is 18.4 Å². The number of nitrogens with one attached hydrogen (secondary N) is 1. The van der Waals surface area contributed by atoms with Gasteiger partial charge in [-0.25, -0.2) is 0 Å². The molecule has 0 radical (unpaired) electrons. The summed E-state index contributed by atoms with van der Waals surface area (Å²) < 4.78 is 5.11. The van der Waals surface area contributed by atoms with E-state index in [9.17, 15) is 15.0 Å². The van der Waals surface area contributed by atoms with Gasteiger partial charge in [-0.05, 0) is 31.2 Å². The number of hydrogen-bond donors (Lipinski definition) is 3. The van der Waals surface area contributed by atoms with Gasteiger partial charge < -0.3 is 19.9 Å². The molecule has 0 aliphatic carbocycles. The summed E-state index contributed by atoms with van der Waals surface area (Å²) in [4.78, 5) is 11.9. The summed E-state index contributed by atoms with van der Waals surface area (Å²) in [6, 6.07) is 9.51. The van der Waals surface area contributed by atoms with Gasteiger partial charge in [0.25, 0.3) is 5.91 Å². The summed E-state index contributed by atoms with van der Waals surface area (Å²) in [6.07, 6.45) is 1.45. The SMILES string of the molecule is CC(O)(CNC(=O)c1ccccc1O)c1ccco1. The van der Waals surface area contributed by atoms with Crippen molar-refractivity contribution in [3.05, 3.63) is 54.0 Å². The van der Waals surface area contributed by atoms with Gasteiger partial charge in [-0.15, -0.1) is 0 Å². The summed E-state index contributed by atoms with van der Waals surface area (Å²) in [5, 5.41) is 22.3. The third kappa shape index (κ3) is 2.95. The summed E-state index contributed by atoms with van der Waals surface area (Å²) in [5.74, 6) is -0.187. The number of amides is 1. The van der Waals surface area contributed by atoms with E-state index in [1.54, 1.807) is 24.3 Å². The molecule has 2 rings (SSSR count). The second kappa shape index (κ2) is 5.16. The Kier molecular flexibility index (Phi) is 3.57. The quantitative estimate of drug-likeness (QED) is 0.781. The molecule has 2 aromatic rings. The number of carbonyl (C=O) groups is 1. The Morgan fingerprint density at radius 3 is 2.68 bits per heavy atom. The summed E-state index contributed by atoms with van der Waals surface area (Å²) >= 11 is 0. The van der Waals surface area contributed by atoms with Crippen LogP contribution in [0.15, 0.2) is 47.1 Å². The van der Waals surface area contributed by atoms with Crippen LogP contribution in [0, 0.1) is 0 Å². The molecule has 0 saturated heterocycles. The van der Waals surface area contributed by atoms with E-state index in [1.807, 2.05) is 0 Å². The smallest absolute Gasteiger partial charge is 0.255 e. The molecule has 0 saturated carbocycles. The zero-order valence-corrected chi connectivity index (χ0v) is 10.5. The highest BCUT2D eigenvalue weighted by molar-refractivity contribution is 5.96. The second-order valence-corrected chi connectivity index (χ2v) is 4.45. The lowest BCUT2D eigenvalue weighted by Gasteiger charge is -2.21. The zero-order valence-electron chi connectivity index (χ0n) is 10.5. The first-order valence-corrected chi connectivity index (χ1v) is 5.83. The second-order valence-electron chi connectivity index (χ2n) is 4.45. The molecule has 1 amide bonds. The van der Waals surface area contributed by atoms with E-state index in [4.69, 9.17) is 4.42 Å². The molecule has 5 heteroatoms. The first-order valence-electron chi connectivity index (χ1n) is 5.83. The Morgan fingerprint density at radius 2 is 2.05 bits per heavy atom. The Labute approximate surface area is 110 Å². The highest BCUT2D eigenvalue weighted by Gasteiger charge is 2.27. The third-order valence-electron chi connectivity index (χ3n) is 2.79. The number of rotatable bonds is 4. The number of aliphatic hydroxyl groups is 1. The van der Waals surface area contributed by atoms with Gasteiger partial charge in [-0.3, -0.25) is 4.79 Å². The Bertz CT molecular complexity index is 561. The van der Waals surface area contributed by atoms with Crippen LogP contribution in [0.1, 0.15) is 23.0 Å². The normalized spacial score (nSPS) is 13.8. The average molecular weight is 261 g/mol. The number of furan rings is 1. The van der Waals surface area contributed by atoms with Crippen molar-refractivity contribution in [3.8, 4) is 5.75 Å². The van der Waals surface area contributed by atoms with Crippen LogP contribution >= 0.6 is 0 Å². The van der Waals surface area contributed by atoms with Crippen LogP contribution in [0.3, 0.4) is 0 Å². The van der Waals surface area contributed by atoms with Crippen molar-refractivity contribution in [2.45, 2.75) is 12.5 Å². The minimum absolute atomic E-state index is 0.0202. The lowest BCUT2D eigenvalue weighted by Crippen LogP contribution is -2.38. The fourth-order valence-electron chi connectivity index (χ4n) is 1.69. The van der Waals surface area contributed by atoms with Gasteiger partial charge in [0.15, 0.2) is 0 Å². The highest BCUT2D eigenvalue weighted by Crippen LogP contribution is 2.20. The Hall–Kier alpha value is -2.27. The van der Waals surface area contributed by atoms with Crippen LogP contribution < -0.4 is 5.32 Å².